The van der Waals surface area contributed by atoms with E-state index in [-0.39, 0.29) is 17.7 Å². The van der Waals surface area contributed by atoms with E-state index in [0.29, 0.717) is 11.5 Å². The molecule has 0 amide bonds. The van der Waals surface area contributed by atoms with Gasteiger partial charge in [0.1, 0.15) is 41.5 Å². The van der Waals surface area contributed by atoms with Crippen LogP contribution < -0.4 is 0 Å². The summed E-state index contributed by atoms with van der Waals surface area (Å²) in [6.45, 7) is -0.494. The van der Waals surface area contributed by atoms with Crippen LogP contribution in [-0.2, 0) is 15.9 Å². The summed E-state index contributed by atoms with van der Waals surface area (Å²) >= 11 is 0. The van der Waals surface area contributed by atoms with Gasteiger partial charge in [-0.05, 0) is 18.2 Å². The van der Waals surface area contributed by atoms with Crippen molar-refractivity contribution in [1.82, 2.24) is 25.1 Å². The minimum Gasteiger partial charge on any atom is -0.394 e. The van der Waals surface area contributed by atoms with Gasteiger partial charge in [-0.1, -0.05) is 10.4 Å². The molecule has 5 atom stereocenters. The molecule has 0 saturated carbocycles. The molecule has 0 aliphatic carbocycles. The first kappa shape index (κ1) is 24.2. The van der Waals surface area contributed by atoms with E-state index >= 15 is 0 Å². The number of rotatable bonds is 7. The summed E-state index contributed by atoms with van der Waals surface area (Å²) in [7, 11) is 1.42. The zero-order valence-corrected chi connectivity index (χ0v) is 18.9. The third kappa shape index (κ3) is 4.41. The van der Waals surface area contributed by atoms with Crippen LogP contribution in [0.2, 0.25) is 0 Å². The second-order valence-corrected chi connectivity index (χ2v) is 8.40. The number of nitrogens with zero attached hydrogens (tertiary/aromatic N) is 4. The molecule has 10 nitrogen and oxygen atoms in total. The predicted molar refractivity (Wildman–Crippen MR) is 117 cm³/mol. The number of hydrogen-bond acceptors (Lipinski definition) is 8. The van der Waals surface area contributed by atoms with E-state index in [1.807, 2.05) is 6.07 Å². The first-order chi connectivity index (χ1) is 17.4. The number of ether oxygens (including phenoxy) is 2. The van der Waals surface area contributed by atoms with Gasteiger partial charge in [0.2, 0.25) is 0 Å². The molecule has 0 bridgehead atoms. The molecule has 4 heterocycles. The van der Waals surface area contributed by atoms with E-state index in [2.05, 4.69) is 20.5 Å². The number of methoxy groups -OCH3 is 1. The zero-order valence-electron chi connectivity index (χ0n) is 18.9. The van der Waals surface area contributed by atoms with Gasteiger partial charge in [0.05, 0.1) is 18.9 Å². The van der Waals surface area contributed by atoms with E-state index in [1.165, 1.54) is 18.0 Å². The highest BCUT2D eigenvalue weighted by Crippen LogP contribution is 2.34. The molecule has 3 N–H and O–H groups in total. The van der Waals surface area contributed by atoms with Crippen molar-refractivity contribution in [2.75, 3.05) is 13.7 Å². The predicted octanol–water partition coefficient (Wildman–Crippen LogP) is 2.26. The molecule has 1 saturated heterocycles. The van der Waals surface area contributed by atoms with Gasteiger partial charge in [0.15, 0.2) is 17.5 Å². The molecular weight excluding hydrogens is 483 g/mol. The number of aliphatic hydroxyl groups is 2. The first-order valence-electron chi connectivity index (χ1n) is 11.0. The lowest BCUT2D eigenvalue weighted by Crippen LogP contribution is -2.57. The number of aromatic nitrogens is 5. The lowest BCUT2D eigenvalue weighted by Gasteiger charge is -2.43. The molecular formula is C23H22F3N5O5. The van der Waals surface area contributed by atoms with Crippen LogP contribution in [0.15, 0.2) is 47.4 Å². The molecule has 1 fully saturated rings. The summed E-state index contributed by atoms with van der Waals surface area (Å²) in [5, 5.41) is 32.8. The highest BCUT2D eigenvalue weighted by atomic mass is 19.2. The lowest BCUT2D eigenvalue weighted by atomic mass is 9.90. The molecule has 4 aromatic rings. The molecule has 3 aromatic heterocycles. The summed E-state index contributed by atoms with van der Waals surface area (Å²) in [5.74, 6) is -3.84. The van der Waals surface area contributed by atoms with Crippen molar-refractivity contribution >= 4 is 0 Å². The Bertz CT molecular complexity index is 1300. The van der Waals surface area contributed by atoms with Crippen molar-refractivity contribution in [3.05, 3.63) is 66.1 Å². The van der Waals surface area contributed by atoms with E-state index in [0.717, 1.165) is 17.7 Å². The van der Waals surface area contributed by atoms with Gasteiger partial charge in [0, 0.05) is 43.1 Å². The number of H-pyrrole nitrogens is 1. The van der Waals surface area contributed by atoms with Gasteiger partial charge in [-0.2, -0.15) is 0 Å². The number of aliphatic hydroxyl groups excluding tert-OH is 2. The molecule has 5 rings (SSSR count). The average molecular weight is 505 g/mol. The monoisotopic (exact) mass is 505 g/mol. The minimum absolute atomic E-state index is 0.0395. The third-order valence-electron chi connectivity index (χ3n) is 6.19. The first-order valence-corrected chi connectivity index (χ1v) is 11.0. The van der Waals surface area contributed by atoms with Gasteiger partial charge in [-0.15, -0.1) is 5.10 Å². The summed E-state index contributed by atoms with van der Waals surface area (Å²) in [6, 6.07) is 4.29. The highest BCUT2D eigenvalue weighted by molar-refractivity contribution is 5.58. The molecule has 1 aromatic carbocycles. The maximum atomic E-state index is 13.7. The smallest absolute Gasteiger partial charge is 0.194 e. The van der Waals surface area contributed by atoms with Crippen LogP contribution in [0.25, 0.3) is 22.5 Å². The standard InChI is InChI=1S/C23H22F3N5O5/c1-34-23-18(7-13-6-16(29-36-13)11-2-3-27-8-11)35-19(10-32)22(33)21(23)31-9-17(28-30-31)12-4-14(24)20(26)15(25)5-12/h2-6,8-9,18-19,21-23,27,32-33H,7,10H2,1H3/t18-,19-,21+,22+,23+/m1/s1. The maximum Gasteiger partial charge on any atom is 0.194 e. The second kappa shape index (κ2) is 9.85. The number of hydrogen-bond donors (Lipinski definition) is 3. The van der Waals surface area contributed by atoms with Crippen molar-refractivity contribution in [3.63, 3.8) is 0 Å². The Morgan fingerprint density at radius 3 is 2.56 bits per heavy atom. The minimum atomic E-state index is -1.59. The largest absolute Gasteiger partial charge is 0.394 e. The number of halogens is 3. The fraction of sp³-hybridized carbons (Fsp3) is 0.348. The van der Waals surface area contributed by atoms with E-state index in [4.69, 9.17) is 14.0 Å². The Balaban J connectivity index is 1.43. The van der Waals surface area contributed by atoms with Crippen molar-refractivity contribution < 1.29 is 37.4 Å². The number of aromatic amines is 1. The van der Waals surface area contributed by atoms with Crippen LogP contribution in [0, 0.1) is 17.5 Å². The van der Waals surface area contributed by atoms with E-state index in [1.54, 1.807) is 18.5 Å². The third-order valence-corrected chi connectivity index (χ3v) is 6.19. The highest BCUT2D eigenvalue weighted by Gasteiger charge is 2.47. The summed E-state index contributed by atoms with van der Waals surface area (Å²) in [4.78, 5) is 2.94. The summed E-state index contributed by atoms with van der Waals surface area (Å²) < 4.78 is 59.1. The Labute approximate surface area is 202 Å². The summed E-state index contributed by atoms with van der Waals surface area (Å²) in [5.41, 5.74) is 1.46. The molecule has 0 radical (unpaired) electrons. The average Bonchev–Trinajstić information content (AvgIpc) is 3.64. The van der Waals surface area contributed by atoms with E-state index in [9.17, 15) is 23.4 Å². The lowest BCUT2D eigenvalue weighted by molar-refractivity contribution is -0.212. The van der Waals surface area contributed by atoms with Gasteiger partial charge in [0.25, 0.3) is 0 Å². The van der Waals surface area contributed by atoms with Crippen molar-refractivity contribution in [3.8, 4) is 22.5 Å². The fourth-order valence-electron chi connectivity index (χ4n) is 4.42. The normalized spacial score (nSPS) is 24.3. The van der Waals surface area contributed by atoms with Gasteiger partial charge >= 0.3 is 0 Å². The molecule has 36 heavy (non-hydrogen) atoms. The number of nitrogens with one attached hydrogen (secondary N) is 1. The van der Waals surface area contributed by atoms with Crippen LogP contribution in [0.1, 0.15) is 11.8 Å². The van der Waals surface area contributed by atoms with Crippen molar-refractivity contribution in [2.24, 2.45) is 0 Å². The fourth-order valence-corrected chi connectivity index (χ4v) is 4.42. The summed E-state index contributed by atoms with van der Waals surface area (Å²) in [6.07, 6.45) is 1.33. The molecule has 13 heteroatoms. The van der Waals surface area contributed by atoms with Crippen molar-refractivity contribution in [2.45, 2.75) is 36.9 Å². The Morgan fingerprint density at radius 2 is 1.89 bits per heavy atom. The van der Waals surface area contributed by atoms with Crippen LogP contribution in [0.4, 0.5) is 13.2 Å². The van der Waals surface area contributed by atoms with E-state index < -0.39 is 54.5 Å². The van der Waals surface area contributed by atoms with Crippen LogP contribution in [0.3, 0.4) is 0 Å². The van der Waals surface area contributed by atoms with Gasteiger partial charge in [-0.25, -0.2) is 17.9 Å². The molecule has 1 aliphatic rings. The molecule has 0 spiro atoms. The SMILES string of the molecule is CO[C@@H]1[C@@H](n2cc(-c3cc(F)c(F)c(F)c3)nn2)[C@@H](O)[C@@H](CO)O[C@@H]1Cc1cc(-c2cc[nH]c2)no1. The van der Waals surface area contributed by atoms with Crippen LogP contribution in [-0.4, -0.2) is 73.5 Å². The second-order valence-electron chi connectivity index (χ2n) is 8.40. The maximum absolute atomic E-state index is 13.7. The Kier molecular flexibility index (Phi) is 6.62. The Morgan fingerprint density at radius 1 is 1.11 bits per heavy atom. The van der Waals surface area contributed by atoms with Crippen LogP contribution >= 0.6 is 0 Å². The topological polar surface area (TPSA) is 131 Å². The zero-order chi connectivity index (χ0) is 25.4. The molecule has 0 unspecified atom stereocenters. The quantitative estimate of drug-likeness (QED) is 0.326. The number of benzene rings is 1. The van der Waals surface area contributed by atoms with Crippen LogP contribution in [0.5, 0.6) is 0 Å². The van der Waals surface area contributed by atoms with Gasteiger partial charge < -0.3 is 29.2 Å². The molecule has 1 aliphatic heterocycles. The van der Waals surface area contributed by atoms with Crippen molar-refractivity contribution in [1.29, 1.82) is 0 Å². The Hall–Kier alpha value is -3.52. The van der Waals surface area contributed by atoms with Gasteiger partial charge in [-0.3, -0.25) is 0 Å². The molecule has 190 valence electrons.